The molecule has 11 rings (SSSR count). The number of nitrogens with zero attached hydrogens (tertiary/aromatic N) is 1. The number of furan rings is 1. The summed E-state index contributed by atoms with van der Waals surface area (Å²) in [7, 11) is 0. The molecular weight excluding hydrogens is 643 g/mol. The van der Waals surface area contributed by atoms with Gasteiger partial charge in [0, 0.05) is 38.5 Å². The van der Waals surface area contributed by atoms with E-state index in [-0.39, 0.29) is 5.41 Å². The van der Waals surface area contributed by atoms with Crippen molar-refractivity contribution in [3.8, 4) is 22.3 Å². The maximum absolute atomic E-state index is 6.53. The van der Waals surface area contributed by atoms with E-state index >= 15 is 0 Å². The molecule has 1 spiro atoms. The van der Waals surface area contributed by atoms with E-state index in [4.69, 9.17) is 4.42 Å². The lowest BCUT2D eigenvalue weighted by Gasteiger charge is -2.54. The molecule has 2 saturated carbocycles. The summed E-state index contributed by atoms with van der Waals surface area (Å²) in [5, 5.41) is 4.77. The van der Waals surface area contributed by atoms with Gasteiger partial charge in [-0.15, -0.1) is 0 Å². The van der Waals surface area contributed by atoms with E-state index in [1.807, 2.05) is 6.07 Å². The minimum absolute atomic E-state index is 0.0745. The molecule has 2 heteroatoms. The molecule has 3 aliphatic carbocycles. The molecule has 1 unspecified atom stereocenters. The number of para-hydroxylation sites is 2. The number of hydrogen-bond acceptors (Lipinski definition) is 2. The van der Waals surface area contributed by atoms with Crippen molar-refractivity contribution in [2.75, 3.05) is 4.90 Å². The van der Waals surface area contributed by atoms with E-state index in [2.05, 4.69) is 164 Å². The van der Waals surface area contributed by atoms with Crippen LogP contribution in [0.15, 0.2) is 156 Å². The third kappa shape index (κ3) is 4.51. The lowest BCUT2D eigenvalue weighted by atomic mass is 9.49. The topological polar surface area (TPSA) is 16.4 Å². The summed E-state index contributed by atoms with van der Waals surface area (Å²) in [4.78, 5) is 2.49. The molecule has 3 aliphatic rings. The zero-order valence-electron chi connectivity index (χ0n) is 30.4. The van der Waals surface area contributed by atoms with E-state index in [1.165, 1.54) is 59.0 Å². The second kappa shape index (κ2) is 11.7. The van der Waals surface area contributed by atoms with Gasteiger partial charge in [0.15, 0.2) is 0 Å². The van der Waals surface area contributed by atoms with Crippen LogP contribution < -0.4 is 4.90 Å². The largest absolute Gasteiger partial charge is 0.455 e. The van der Waals surface area contributed by atoms with Gasteiger partial charge in [-0.05, 0) is 119 Å². The molecule has 53 heavy (non-hydrogen) atoms. The van der Waals surface area contributed by atoms with Crippen LogP contribution in [0.1, 0.15) is 50.7 Å². The van der Waals surface area contributed by atoms with Crippen molar-refractivity contribution in [3.63, 3.8) is 0 Å². The van der Waals surface area contributed by atoms with E-state index in [1.54, 1.807) is 11.1 Å². The van der Waals surface area contributed by atoms with Crippen molar-refractivity contribution in [1.82, 2.24) is 0 Å². The van der Waals surface area contributed by atoms with Crippen LogP contribution in [0.25, 0.3) is 55.0 Å². The van der Waals surface area contributed by atoms with E-state index < -0.39 is 0 Å². The first-order valence-electron chi connectivity index (χ1n) is 19.6. The number of rotatable bonds is 4. The molecule has 8 aromatic rings. The minimum Gasteiger partial charge on any atom is -0.455 e. The molecule has 0 radical (unpaired) electrons. The molecule has 5 atom stereocenters. The second-order valence-corrected chi connectivity index (χ2v) is 16.3. The fourth-order valence-electron chi connectivity index (χ4n) is 11.5. The van der Waals surface area contributed by atoms with E-state index in [9.17, 15) is 0 Å². The number of fused-ring (bicyclic) bond motifs is 12. The normalized spacial score (nSPS) is 23.1. The van der Waals surface area contributed by atoms with Crippen LogP contribution in [0.2, 0.25) is 0 Å². The number of anilines is 3. The van der Waals surface area contributed by atoms with Gasteiger partial charge in [-0.2, -0.15) is 0 Å². The zero-order chi connectivity index (χ0) is 35.3. The van der Waals surface area contributed by atoms with Crippen LogP contribution in [-0.4, -0.2) is 0 Å². The van der Waals surface area contributed by atoms with Gasteiger partial charge in [0.25, 0.3) is 0 Å². The van der Waals surface area contributed by atoms with Gasteiger partial charge in [0.2, 0.25) is 0 Å². The highest BCUT2D eigenvalue weighted by atomic mass is 16.3. The Morgan fingerprint density at radius 2 is 1.26 bits per heavy atom. The van der Waals surface area contributed by atoms with Gasteiger partial charge >= 0.3 is 0 Å². The Morgan fingerprint density at radius 3 is 2.21 bits per heavy atom. The monoisotopic (exact) mass is 685 g/mol. The third-order valence-electron chi connectivity index (χ3n) is 13.3. The number of benzene rings is 7. The summed E-state index contributed by atoms with van der Waals surface area (Å²) in [6, 6.07) is 56.3. The second-order valence-electron chi connectivity index (χ2n) is 16.3. The quantitative estimate of drug-likeness (QED) is 0.183. The van der Waals surface area contributed by atoms with Gasteiger partial charge in [0.05, 0.1) is 5.69 Å². The molecule has 7 aromatic carbocycles. The lowest BCUT2D eigenvalue weighted by Crippen LogP contribution is -2.49. The Bertz CT molecular complexity index is 2710. The van der Waals surface area contributed by atoms with Crippen molar-refractivity contribution in [3.05, 3.63) is 163 Å². The first-order chi connectivity index (χ1) is 26.1. The molecule has 2 nitrogen and oxygen atoms in total. The van der Waals surface area contributed by atoms with Gasteiger partial charge < -0.3 is 9.32 Å². The molecule has 1 heterocycles. The molecule has 1 aromatic heterocycles. The van der Waals surface area contributed by atoms with Gasteiger partial charge in [-0.3, -0.25) is 0 Å². The van der Waals surface area contributed by atoms with Crippen molar-refractivity contribution >= 4 is 49.8 Å². The highest BCUT2D eigenvalue weighted by Gasteiger charge is 2.56. The van der Waals surface area contributed by atoms with Gasteiger partial charge in [-0.1, -0.05) is 129 Å². The summed E-state index contributed by atoms with van der Waals surface area (Å²) in [5.41, 5.74) is 13.6. The van der Waals surface area contributed by atoms with Crippen LogP contribution in [0, 0.1) is 23.7 Å². The molecule has 0 aliphatic heterocycles. The highest BCUT2D eigenvalue weighted by molar-refractivity contribution is 6.10. The fourth-order valence-corrected chi connectivity index (χ4v) is 11.5. The Hall–Kier alpha value is -5.60. The standard InChI is InChI=1S/C51H43NO/c1-32-26-34-28-33(2)51(37(27-32)29-34)46-21-7-5-17-42(46)45-31-39(24-25-47(45)51)52(48-22-10-13-35-12-3-4-16-40(35)48)38-15-9-14-36(30-38)41-19-11-20-44-43-18-6-8-23-49(43)53-50(41)44/h3-25,30-34,37H,26-29H2,1-2H3/t32-,33+,34-,37-,51?/m0/s1. The Labute approximate surface area is 311 Å². The van der Waals surface area contributed by atoms with Crippen LogP contribution in [0.5, 0.6) is 0 Å². The molecule has 258 valence electrons. The summed E-state index contributed by atoms with van der Waals surface area (Å²) in [5.74, 6) is 2.94. The summed E-state index contributed by atoms with van der Waals surface area (Å²) in [6.07, 6.45) is 5.40. The molecule has 0 saturated heterocycles. The molecule has 0 N–H and O–H groups in total. The molecular formula is C51H43NO. The Morgan fingerprint density at radius 1 is 0.547 bits per heavy atom. The van der Waals surface area contributed by atoms with Crippen LogP contribution in [0.4, 0.5) is 17.1 Å². The predicted molar refractivity (Wildman–Crippen MR) is 221 cm³/mol. The average Bonchev–Trinajstić information content (AvgIpc) is 3.71. The first kappa shape index (κ1) is 31.0. The van der Waals surface area contributed by atoms with Gasteiger partial charge in [-0.25, -0.2) is 0 Å². The van der Waals surface area contributed by atoms with E-state index in [0.29, 0.717) is 11.8 Å². The minimum atomic E-state index is 0.0745. The van der Waals surface area contributed by atoms with Gasteiger partial charge in [0.1, 0.15) is 11.2 Å². The summed E-state index contributed by atoms with van der Waals surface area (Å²) in [6.45, 7) is 5.06. The third-order valence-corrected chi connectivity index (χ3v) is 13.3. The summed E-state index contributed by atoms with van der Waals surface area (Å²) >= 11 is 0. The average molecular weight is 686 g/mol. The maximum atomic E-state index is 6.53. The number of hydrogen-bond donors (Lipinski definition) is 0. The molecule has 2 fully saturated rings. The predicted octanol–water partition coefficient (Wildman–Crippen LogP) is 14.2. The van der Waals surface area contributed by atoms with Crippen molar-refractivity contribution in [2.24, 2.45) is 23.7 Å². The van der Waals surface area contributed by atoms with Crippen LogP contribution >= 0.6 is 0 Å². The highest BCUT2D eigenvalue weighted by Crippen LogP contribution is 2.65. The SMILES string of the molecule is C[C@H]1C[C@@H]2C[C@H](C1)C1(c3ccccc3-c3cc(N(c4cccc(-c5cccc6c5oc5ccccc56)c4)c4cccc5ccccc45)ccc31)[C@H](C)C2. The van der Waals surface area contributed by atoms with Crippen molar-refractivity contribution < 1.29 is 4.42 Å². The smallest absolute Gasteiger partial charge is 0.143 e. The lowest BCUT2D eigenvalue weighted by molar-refractivity contribution is 0.0426. The Balaban J connectivity index is 1.12. The summed E-state index contributed by atoms with van der Waals surface area (Å²) < 4.78 is 6.53. The van der Waals surface area contributed by atoms with Crippen LogP contribution in [0.3, 0.4) is 0 Å². The zero-order valence-corrected chi connectivity index (χ0v) is 30.4. The van der Waals surface area contributed by atoms with Crippen molar-refractivity contribution in [2.45, 2.75) is 44.9 Å². The van der Waals surface area contributed by atoms with Crippen molar-refractivity contribution in [1.29, 1.82) is 0 Å². The molecule has 2 bridgehead atoms. The maximum Gasteiger partial charge on any atom is 0.143 e. The Kier molecular flexibility index (Phi) is 6.84. The molecule has 0 amide bonds. The fraction of sp³-hybridized carbons (Fsp3) is 0.216. The van der Waals surface area contributed by atoms with E-state index in [0.717, 1.165) is 50.6 Å². The first-order valence-corrected chi connectivity index (χ1v) is 19.6. The van der Waals surface area contributed by atoms with Crippen LogP contribution in [-0.2, 0) is 5.41 Å².